The van der Waals surface area contributed by atoms with Crippen LogP contribution in [-0.2, 0) is 21.0 Å². The summed E-state index contributed by atoms with van der Waals surface area (Å²) < 4.78 is 68.0. The summed E-state index contributed by atoms with van der Waals surface area (Å²) in [5.41, 5.74) is -5.65. The molecule has 0 atom stereocenters. The number of hydrogen-bond acceptors (Lipinski definition) is 3. The first-order valence-corrected chi connectivity index (χ1v) is 18.3. The number of halogens is 12. The van der Waals surface area contributed by atoms with E-state index in [1.807, 2.05) is 0 Å². The van der Waals surface area contributed by atoms with Crippen molar-refractivity contribution in [1.82, 2.24) is 0 Å². The summed E-state index contributed by atoms with van der Waals surface area (Å²) in [6.45, 7) is 0. The lowest BCUT2D eigenvalue weighted by Crippen LogP contribution is -2.21. The maximum absolute atomic E-state index is 10.7. The van der Waals surface area contributed by atoms with Gasteiger partial charge >= 0.3 is 5.51 Å². The molecule has 0 saturated carbocycles. The highest BCUT2D eigenvalue weighted by molar-refractivity contribution is 9.12. The molecule has 36 heavy (non-hydrogen) atoms. The Morgan fingerprint density at radius 1 is 0.556 bits per heavy atom. The van der Waals surface area contributed by atoms with Crippen LogP contribution in [0.2, 0.25) is 0 Å². The quantitative estimate of drug-likeness (QED) is 0.149. The van der Waals surface area contributed by atoms with Gasteiger partial charge in [0.2, 0.25) is 0 Å². The van der Waals surface area contributed by atoms with Crippen molar-refractivity contribution in [3.63, 3.8) is 0 Å². The molecule has 0 aromatic heterocycles. The third kappa shape index (κ3) is 8.76. The zero-order valence-electron chi connectivity index (χ0n) is 16.5. The molecule has 0 aliphatic rings. The predicted octanol–water partition coefficient (Wildman–Crippen LogP) is 11.7. The largest absolute Gasteiger partial charge is 0.741 e. The lowest BCUT2D eigenvalue weighted by Gasteiger charge is -2.16. The fourth-order valence-corrected chi connectivity index (χ4v) is 14.3. The molecule has 3 rings (SSSR count). The molecule has 196 valence electrons. The van der Waals surface area contributed by atoms with Crippen molar-refractivity contribution in [3.8, 4) is 0 Å². The molecule has 0 N–H and O–H groups in total. The molecule has 3 aromatic carbocycles. The van der Waals surface area contributed by atoms with Crippen molar-refractivity contribution in [2.24, 2.45) is 0 Å². The fourth-order valence-electron chi connectivity index (χ4n) is 2.48. The number of alkyl halides is 3. The Morgan fingerprint density at radius 3 is 0.861 bits per heavy atom. The summed E-state index contributed by atoms with van der Waals surface area (Å²) in [7, 11) is -6.54. The highest BCUT2D eigenvalue weighted by Crippen LogP contribution is 2.50. The zero-order valence-corrected chi connectivity index (χ0v) is 32.4. The lowest BCUT2D eigenvalue weighted by atomic mass is 10.3. The van der Waals surface area contributed by atoms with Crippen LogP contribution in [0.5, 0.6) is 0 Å². The van der Waals surface area contributed by atoms with E-state index in [9.17, 15) is 13.2 Å². The first kappa shape index (κ1) is 34.2. The van der Waals surface area contributed by atoms with E-state index in [-0.39, 0.29) is 0 Å². The van der Waals surface area contributed by atoms with Gasteiger partial charge in [-0.2, -0.15) is 13.2 Å². The van der Waals surface area contributed by atoms with Crippen LogP contribution in [0.1, 0.15) is 0 Å². The molecule has 0 aliphatic carbocycles. The summed E-state index contributed by atoms with van der Waals surface area (Å²) in [6, 6.07) is 12.4. The van der Waals surface area contributed by atoms with Gasteiger partial charge in [-0.25, -0.2) is 8.42 Å². The van der Waals surface area contributed by atoms with Gasteiger partial charge in [0.25, 0.3) is 0 Å². The van der Waals surface area contributed by atoms with Gasteiger partial charge in [0, 0.05) is 13.4 Å². The van der Waals surface area contributed by atoms with Gasteiger partial charge in [-0.1, -0.05) is 47.8 Å². The van der Waals surface area contributed by atoms with Gasteiger partial charge in [0.15, 0.2) is 24.8 Å². The highest BCUT2D eigenvalue weighted by Gasteiger charge is 2.40. The van der Waals surface area contributed by atoms with Crippen molar-refractivity contribution in [2.75, 3.05) is 0 Å². The monoisotopic (exact) mass is 1110 g/mol. The second kappa shape index (κ2) is 13.8. The predicted molar refractivity (Wildman–Crippen MR) is 167 cm³/mol. The summed E-state index contributed by atoms with van der Waals surface area (Å²) >= 11 is 33.5. The molecule has 17 heteroatoms. The van der Waals surface area contributed by atoms with Gasteiger partial charge in [-0.3, -0.25) is 0 Å². The van der Waals surface area contributed by atoms with Crippen molar-refractivity contribution in [1.29, 1.82) is 0 Å². The van der Waals surface area contributed by atoms with E-state index in [0.717, 1.165) is 54.9 Å². The Bertz CT molecular complexity index is 1210. The molecule has 0 spiro atoms. The Labute approximate surface area is 283 Å². The molecular weight excluding hydrogens is 1120 g/mol. The van der Waals surface area contributed by atoms with Crippen LogP contribution in [0.15, 0.2) is 91.3 Å². The SMILES string of the molecule is Brc1cc(Br)c([S+](c2c(Br)cc(Br)cc2Br)c2c(Br)cc(Br)cc2Br)c(Br)c1.O=S(=O)([O-])C(F)(F)F. The Morgan fingerprint density at radius 2 is 0.722 bits per heavy atom. The average molecular weight is 1120 g/mol. The summed E-state index contributed by atoms with van der Waals surface area (Å²) in [5, 5.41) is 0. The van der Waals surface area contributed by atoms with Crippen LogP contribution in [0, 0.1) is 0 Å². The number of rotatable bonds is 3. The van der Waals surface area contributed by atoms with Crippen LogP contribution >= 0.6 is 143 Å². The molecule has 0 amide bonds. The van der Waals surface area contributed by atoms with Crippen LogP contribution in [0.3, 0.4) is 0 Å². The van der Waals surface area contributed by atoms with E-state index in [4.69, 9.17) is 13.0 Å². The first-order chi connectivity index (χ1) is 16.3. The van der Waals surface area contributed by atoms with E-state index in [2.05, 4.69) is 180 Å². The van der Waals surface area contributed by atoms with E-state index in [1.54, 1.807) is 0 Å². The van der Waals surface area contributed by atoms with Crippen LogP contribution in [0.4, 0.5) is 13.2 Å². The highest BCUT2D eigenvalue weighted by atomic mass is 79.9. The van der Waals surface area contributed by atoms with Crippen molar-refractivity contribution < 1.29 is 26.1 Å². The maximum Gasteiger partial charge on any atom is 0.485 e. The minimum Gasteiger partial charge on any atom is -0.741 e. The molecule has 3 nitrogen and oxygen atoms in total. The van der Waals surface area contributed by atoms with E-state index >= 15 is 0 Å². The Balaban J connectivity index is 0.000000493. The van der Waals surface area contributed by atoms with Gasteiger partial charge < -0.3 is 4.55 Å². The van der Waals surface area contributed by atoms with Crippen LogP contribution in [-0.4, -0.2) is 18.5 Å². The fraction of sp³-hybridized carbons (Fsp3) is 0.0526. The van der Waals surface area contributed by atoms with Crippen LogP contribution < -0.4 is 0 Å². The van der Waals surface area contributed by atoms with Gasteiger partial charge in [0.05, 0.1) is 26.8 Å². The molecular formula is C19H6Br9F3O3S2. The third-order valence-corrected chi connectivity index (χ3v) is 13.6. The van der Waals surface area contributed by atoms with E-state index < -0.39 is 26.5 Å². The maximum atomic E-state index is 10.7. The lowest BCUT2D eigenvalue weighted by molar-refractivity contribution is -0.0517. The zero-order chi connectivity index (χ0) is 27.7. The Hall–Kier alpha value is 2.03. The first-order valence-electron chi connectivity index (χ1n) is 8.55. The standard InChI is InChI=1S/C18H6Br9S.CHF3O3S/c19-7-1-10(22)16(11(23)2-7)28(17-12(24)3-8(20)4-13(17)25)18-14(26)5-9(21)6-15(18)27;2-1(3,4)8(5,6)7/h1-6H;(H,5,6,7)/q+1;/p-1. The number of benzene rings is 3. The minimum absolute atomic E-state index is 0.453. The molecule has 0 heterocycles. The van der Waals surface area contributed by atoms with Gasteiger partial charge in [0.1, 0.15) is 10.9 Å². The second-order valence-electron chi connectivity index (χ2n) is 6.30. The molecule has 0 fully saturated rings. The van der Waals surface area contributed by atoms with Crippen molar-refractivity contribution in [3.05, 3.63) is 76.7 Å². The molecule has 3 aromatic rings. The molecule has 0 radical (unpaired) electrons. The van der Waals surface area contributed by atoms with Crippen molar-refractivity contribution >= 4 is 164 Å². The second-order valence-corrected chi connectivity index (χ2v) is 17.4. The normalized spacial score (nSPS) is 11.9. The van der Waals surface area contributed by atoms with Gasteiger partial charge in [-0.15, -0.1) is 0 Å². The Kier molecular flexibility index (Phi) is 13.1. The minimum atomic E-state index is -6.09. The smallest absolute Gasteiger partial charge is 0.485 e. The third-order valence-electron chi connectivity index (χ3n) is 3.79. The van der Waals surface area contributed by atoms with Crippen LogP contribution in [0.25, 0.3) is 0 Å². The van der Waals surface area contributed by atoms with Gasteiger partial charge in [-0.05, 0) is 132 Å². The topological polar surface area (TPSA) is 57.2 Å². The number of hydrogen-bond donors (Lipinski definition) is 0. The molecule has 0 unspecified atom stereocenters. The molecule has 0 aliphatic heterocycles. The van der Waals surface area contributed by atoms with Crippen molar-refractivity contribution in [2.45, 2.75) is 20.2 Å². The summed E-state index contributed by atoms with van der Waals surface area (Å²) in [5.74, 6) is 0. The average Bonchev–Trinajstić information content (AvgIpc) is 2.64. The van der Waals surface area contributed by atoms with E-state index in [1.165, 1.54) is 0 Å². The van der Waals surface area contributed by atoms with E-state index in [0.29, 0.717) is 0 Å². The molecule has 0 bridgehead atoms. The summed E-state index contributed by atoms with van der Waals surface area (Å²) in [4.78, 5) is 3.45. The summed E-state index contributed by atoms with van der Waals surface area (Å²) in [6.07, 6.45) is 0. The molecule has 0 saturated heterocycles.